The number of furan rings is 1. The molecule has 2 unspecified atom stereocenters. The molecule has 108 valence electrons. The maximum atomic E-state index is 12.7. The fourth-order valence-corrected chi connectivity index (χ4v) is 4.84. The van der Waals surface area contributed by atoms with Crippen LogP contribution < -0.4 is 5.73 Å². The summed E-state index contributed by atoms with van der Waals surface area (Å²) in [5.41, 5.74) is 5.77. The van der Waals surface area contributed by atoms with Gasteiger partial charge in [0, 0.05) is 19.1 Å². The lowest BCUT2D eigenvalue weighted by molar-refractivity contribution is 0.192. The highest BCUT2D eigenvalue weighted by molar-refractivity contribution is 7.89. The minimum Gasteiger partial charge on any atom is -0.465 e. The predicted molar refractivity (Wildman–Crippen MR) is 73.3 cm³/mol. The van der Waals surface area contributed by atoms with Crippen LogP contribution in [0.2, 0.25) is 0 Å². The lowest BCUT2D eigenvalue weighted by Crippen LogP contribution is -2.51. The quantitative estimate of drug-likeness (QED) is 0.916. The number of piperidine rings is 1. The second-order valence-electron chi connectivity index (χ2n) is 5.32. The molecule has 2 heterocycles. The van der Waals surface area contributed by atoms with Crippen LogP contribution in [-0.4, -0.2) is 31.9 Å². The number of rotatable bonds is 3. The first-order valence-corrected chi connectivity index (χ1v) is 8.11. The summed E-state index contributed by atoms with van der Waals surface area (Å²) in [6, 6.07) is 1.48. The van der Waals surface area contributed by atoms with E-state index in [1.54, 1.807) is 24.2 Å². The van der Waals surface area contributed by atoms with Gasteiger partial charge < -0.3 is 10.2 Å². The maximum Gasteiger partial charge on any atom is 0.246 e. The fourth-order valence-electron chi connectivity index (χ4n) is 2.85. The SMILES string of the molecule is Cc1cc(S(=O)(=O)N2CCCC(C)C2CN)c(C)o1. The van der Waals surface area contributed by atoms with E-state index in [9.17, 15) is 8.42 Å². The van der Waals surface area contributed by atoms with Crippen LogP contribution >= 0.6 is 0 Å². The molecule has 0 aromatic carbocycles. The smallest absolute Gasteiger partial charge is 0.246 e. The van der Waals surface area contributed by atoms with Crippen molar-refractivity contribution in [1.29, 1.82) is 0 Å². The Bertz CT molecular complexity index is 550. The lowest BCUT2D eigenvalue weighted by Gasteiger charge is -2.38. The van der Waals surface area contributed by atoms with Gasteiger partial charge >= 0.3 is 0 Å². The summed E-state index contributed by atoms with van der Waals surface area (Å²) >= 11 is 0. The number of sulfonamides is 1. The summed E-state index contributed by atoms with van der Waals surface area (Å²) in [5.74, 6) is 1.36. The van der Waals surface area contributed by atoms with Crippen LogP contribution in [0.5, 0.6) is 0 Å². The molecule has 1 saturated heterocycles. The van der Waals surface area contributed by atoms with Gasteiger partial charge in [0.15, 0.2) is 0 Å². The molecular weight excluding hydrogens is 264 g/mol. The molecule has 1 aliphatic rings. The lowest BCUT2D eigenvalue weighted by atomic mass is 9.93. The molecule has 0 aliphatic carbocycles. The molecule has 5 nitrogen and oxygen atoms in total. The monoisotopic (exact) mass is 286 g/mol. The first-order valence-electron chi connectivity index (χ1n) is 6.67. The van der Waals surface area contributed by atoms with E-state index in [-0.39, 0.29) is 10.9 Å². The number of nitrogens with zero attached hydrogens (tertiary/aromatic N) is 1. The van der Waals surface area contributed by atoms with Crippen LogP contribution in [0.25, 0.3) is 0 Å². The van der Waals surface area contributed by atoms with Crippen molar-refractivity contribution in [3.8, 4) is 0 Å². The molecule has 1 aromatic rings. The Labute approximate surface area is 114 Å². The summed E-state index contributed by atoms with van der Waals surface area (Å²) in [6.45, 7) is 6.40. The molecule has 0 amide bonds. The zero-order chi connectivity index (χ0) is 14.2. The Hall–Kier alpha value is -0.850. The van der Waals surface area contributed by atoms with E-state index in [2.05, 4.69) is 6.92 Å². The van der Waals surface area contributed by atoms with E-state index < -0.39 is 10.0 Å². The highest BCUT2D eigenvalue weighted by Crippen LogP contribution is 2.30. The Morgan fingerprint density at radius 1 is 1.47 bits per heavy atom. The van der Waals surface area contributed by atoms with Crippen LogP contribution in [-0.2, 0) is 10.0 Å². The van der Waals surface area contributed by atoms with Gasteiger partial charge in [-0.3, -0.25) is 0 Å². The number of hydrogen-bond acceptors (Lipinski definition) is 4. The van der Waals surface area contributed by atoms with Gasteiger partial charge in [0.1, 0.15) is 16.4 Å². The van der Waals surface area contributed by atoms with E-state index in [4.69, 9.17) is 10.2 Å². The molecule has 2 atom stereocenters. The van der Waals surface area contributed by atoms with Crippen LogP contribution in [0.15, 0.2) is 15.4 Å². The molecule has 6 heteroatoms. The van der Waals surface area contributed by atoms with Gasteiger partial charge in [0.25, 0.3) is 0 Å². The zero-order valence-electron chi connectivity index (χ0n) is 11.7. The van der Waals surface area contributed by atoms with Gasteiger partial charge in [-0.25, -0.2) is 8.42 Å². The highest BCUT2D eigenvalue weighted by atomic mass is 32.2. The number of nitrogens with two attached hydrogens (primary N) is 1. The first kappa shape index (κ1) is 14.6. The van der Waals surface area contributed by atoms with Crippen LogP contribution in [0.1, 0.15) is 31.3 Å². The van der Waals surface area contributed by atoms with Gasteiger partial charge in [-0.1, -0.05) is 6.92 Å². The third-order valence-corrected chi connectivity index (χ3v) is 5.92. The van der Waals surface area contributed by atoms with Crippen molar-refractivity contribution in [2.24, 2.45) is 11.7 Å². The van der Waals surface area contributed by atoms with Gasteiger partial charge in [0.05, 0.1) is 0 Å². The van der Waals surface area contributed by atoms with E-state index >= 15 is 0 Å². The summed E-state index contributed by atoms with van der Waals surface area (Å²) in [6.07, 6.45) is 1.91. The Kier molecular flexibility index (Phi) is 4.03. The Morgan fingerprint density at radius 2 is 2.16 bits per heavy atom. The zero-order valence-corrected chi connectivity index (χ0v) is 12.5. The summed E-state index contributed by atoms with van der Waals surface area (Å²) in [4.78, 5) is 0.276. The maximum absolute atomic E-state index is 12.7. The number of hydrogen-bond donors (Lipinski definition) is 1. The van der Waals surface area contributed by atoms with Crippen LogP contribution in [0.4, 0.5) is 0 Å². The van der Waals surface area contributed by atoms with Crippen molar-refractivity contribution >= 4 is 10.0 Å². The van der Waals surface area contributed by atoms with Gasteiger partial charge in [0.2, 0.25) is 10.0 Å². The average Bonchev–Trinajstić information content (AvgIpc) is 2.68. The van der Waals surface area contributed by atoms with E-state index in [1.807, 2.05) is 0 Å². The second kappa shape index (κ2) is 5.26. The minimum absolute atomic E-state index is 0.117. The molecule has 0 radical (unpaired) electrons. The summed E-state index contributed by atoms with van der Waals surface area (Å²) in [7, 11) is -3.51. The predicted octanol–water partition coefficient (Wildman–Crippen LogP) is 1.64. The normalized spacial score (nSPS) is 25.7. The molecule has 1 fully saturated rings. The standard InChI is InChI=1S/C13H22N2O3S/c1-9-5-4-6-15(12(9)8-14)19(16,17)13-7-10(2)18-11(13)3/h7,9,12H,4-6,8,14H2,1-3H3. The molecule has 0 bridgehead atoms. The first-order chi connectivity index (χ1) is 8.87. The highest BCUT2D eigenvalue weighted by Gasteiger charge is 2.37. The fraction of sp³-hybridized carbons (Fsp3) is 0.692. The number of aryl methyl sites for hydroxylation is 2. The van der Waals surface area contributed by atoms with Crippen molar-refractivity contribution in [1.82, 2.24) is 4.31 Å². The topological polar surface area (TPSA) is 76.5 Å². The van der Waals surface area contributed by atoms with Crippen LogP contribution in [0.3, 0.4) is 0 Å². The molecule has 2 N–H and O–H groups in total. The summed E-state index contributed by atoms with van der Waals surface area (Å²) < 4.78 is 32.4. The van der Waals surface area contributed by atoms with E-state index in [0.717, 1.165) is 12.8 Å². The molecule has 2 rings (SSSR count). The van der Waals surface area contributed by atoms with Crippen molar-refractivity contribution < 1.29 is 12.8 Å². The van der Waals surface area contributed by atoms with Gasteiger partial charge in [-0.15, -0.1) is 0 Å². The molecule has 1 aromatic heterocycles. The molecule has 19 heavy (non-hydrogen) atoms. The second-order valence-corrected chi connectivity index (χ2v) is 7.17. The minimum atomic E-state index is -3.51. The van der Waals surface area contributed by atoms with Gasteiger partial charge in [-0.05, 0) is 38.7 Å². The largest absolute Gasteiger partial charge is 0.465 e. The molecule has 0 spiro atoms. The third kappa shape index (κ3) is 2.57. The van der Waals surface area contributed by atoms with E-state index in [1.165, 1.54) is 0 Å². The van der Waals surface area contributed by atoms with Crippen molar-refractivity contribution in [2.75, 3.05) is 13.1 Å². The van der Waals surface area contributed by atoms with Crippen LogP contribution in [0, 0.1) is 19.8 Å². The van der Waals surface area contributed by atoms with Crippen molar-refractivity contribution in [3.63, 3.8) is 0 Å². The molecule has 1 aliphatic heterocycles. The third-order valence-electron chi connectivity index (χ3n) is 3.89. The van der Waals surface area contributed by atoms with E-state index in [0.29, 0.717) is 30.5 Å². The molecular formula is C13H22N2O3S. The summed E-state index contributed by atoms with van der Waals surface area (Å²) in [5, 5.41) is 0. The van der Waals surface area contributed by atoms with Crippen molar-refractivity contribution in [2.45, 2.75) is 44.6 Å². The average molecular weight is 286 g/mol. The van der Waals surface area contributed by atoms with Gasteiger partial charge in [-0.2, -0.15) is 4.31 Å². The molecule has 0 saturated carbocycles. The Balaban J connectivity index is 2.40. The Morgan fingerprint density at radius 3 is 2.68 bits per heavy atom. The van der Waals surface area contributed by atoms with Crippen molar-refractivity contribution in [3.05, 3.63) is 17.6 Å².